The van der Waals surface area contributed by atoms with Crippen LogP contribution in [0.2, 0.25) is 0 Å². The number of allylic oxidation sites excluding steroid dienone is 1. The summed E-state index contributed by atoms with van der Waals surface area (Å²) in [6.07, 6.45) is 3.43. The van der Waals surface area contributed by atoms with Gasteiger partial charge in [-0.05, 0) is 24.3 Å². The molecule has 2 N–H and O–H groups in total. The van der Waals surface area contributed by atoms with Gasteiger partial charge in [-0.25, -0.2) is 4.79 Å². The monoisotopic (exact) mass is 396 g/mol. The summed E-state index contributed by atoms with van der Waals surface area (Å²) in [5, 5.41) is 19.7. The lowest BCUT2D eigenvalue weighted by Gasteiger charge is -2.37. The number of fused-ring (bicyclic) bond motifs is 5. The van der Waals surface area contributed by atoms with Crippen LogP contribution in [-0.2, 0) is 25.4 Å². The maximum absolute atomic E-state index is 12.8. The Hall–Kier alpha value is -3.52. The zero-order valence-corrected chi connectivity index (χ0v) is 15.0. The topological polar surface area (TPSA) is 110 Å². The largest absolute Gasteiger partial charge is 0.508 e. The number of hydrogen-bond donors (Lipinski definition) is 2. The van der Waals surface area contributed by atoms with Gasteiger partial charge in [-0.3, -0.25) is 0 Å². The normalized spacial score (nSPS) is 18.3. The van der Waals surface area contributed by atoms with Crippen molar-refractivity contribution in [3.8, 4) is 23.0 Å². The molecule has 5 rings (SSSR count). The van der Waals surface area contributed by atoms with Gasteiger partial charge in [0.15, 0.2) is 5.60 Å². The zero-order chi connectivity index (χ0) is 19.6. The summed E-state index contributed by atoms with van der Waals surface area (Å²) >= 11 is 0. The van der Waals surface area contributed by atoms with Crippen LogP contribution in [0.3, 0.4) is 0 Å². The number of ether oxygens (including phenoxy) is 2. The number of phenols is 2. The van der Waals surface area contributed by atoms with E-state index in [4.69, 9.17) is 9.47 Å². The second-order valence-corrected chi connectivity index (χ2v) is 7.55. The Balaban J connectivity index is 1.92. The predicted molar refractivity (Wildman–Crippen MR) is 97.9 cm³/mol. The Kier molecular flexibility index (Phi) is 3.26. The minimum Gasteiger partial charge on any atom is -0.508 e. The van der Waals surface area contributed by atoms with Gasteiger partial charge in [0, 0.05) is 35.3 Å². The van der Waals surface area contributed by atoms with E-state index in [0.717, 1.165) is 0 Å². The molecule has 2 aliphatic heterocycles. The molecule has 0 fully saturated rings. The lowest BCUT2D eigenvalue weighted by molar-refractivity contribution is -0.144. The molecule has 2 aromatic carbocycles. The molecule has 7 nitrogen and oxygen atoms in total. The molecule has 140 valence electrons. The van der Waals surface area contributed by atoms with E-state index >= 15 is 0 Å². The van der Waals surface area contributed by atoms with Crippen molar-refractivity contribution in [1.82, 2.24) is 0 Å². The molecule has 28 heavy (non-hydrogen) atoms. The number of carbonyl (C=O) groups excluding carboxylic acids is 1. The highest BCUT2D eigenvalue weighted by Gasteiger charge is 2.55. The minimum atomic E-state index is -2.58. The number of aromatic hydroxyl groups is 2. The second-order valence-electron chi connectivity index (χ2n) is 6.59. The Morgan fingerprint density at radius 3 is 2.14 bits per heavy atom. The number of carbonyl (C=O) groups is 1. The molecule has 2 heterocycles. The molecule has 0 atom stereocenters. The van der Waals surface area contributed by atoms with Crippen LogP contribution in [0, 0.1) is 0 Å². The standard InChI is InChI=1S/C20H12O7S/c21-10-4-6-12-15(8-10)26-16-9-11(22)5-7-13(16)20(12)14-2-1-3-17(28(24)25)18(14)19(23)27-20/h1-2,4-9,21-22H,3H2. The quantitative estimate of drug-likeness (QED) is 0.519. The Morgan fingerprint density at radius 2 is 1.57 bits per heavy atom. The fourth-order valence-corrected chi connectivity index (χ4v) is 4.56. The smallest absolute Gasteiger partial charge is 0.341 e. The average Bonchev–Trinajstić information content (AvgIpc) is 2.95. The van der Waals surface area contributed by atoms with Gasteiger partial charge < -0.3 is 19.7 Å². The number of phenolic OH excluding ortho intramolecular Hbond substituents is 2. The number of rotatable bonds is 0. The average molecular weight is 396 g/mol. The van der Waals surface area contributed by atoms with Gasteiger partial charge in [-0.15, -0.1) is 0 Å². The van der Waals surface area contributed by atoms with Gasteiger partial charge in [0.25, 0.3) is 0 Å². The summed E-state index contributed by atoms with van der Waals surface area (Å²) in [6, 6.07) is 8.76. The van der Waals surface area contributed by atoms with Gasteiger partial charge in [-0.2, -0.15) is 8.42 Å². The van der Waals surface area contributed by atoms with Crippen LogP contribution in [0.25, 0.3) is 0 Å². The minimum absolute atomic E-state index is 0.00998. The Morgan fingerprint density at radius 1 is 0.964 bits per heavy atom. The van der Waals surface area contributed by atoms with Gasteiger partial charge in [-0.1, -0.05) is 12.2 Å². The number of esters is 1. The van der Waals surface area contributed by atoms with Crippen LogP contribution in [0.4, 0.5) is 0 Å². The predicted octanol–water partition coefficient (Wildman–Crippen LogP) is 2.31. The first-order valence-electron chi connectivity index (χ1n) is 8.37. The fourth-order valence-electron chi connectivity index (χ4n) is 3.97. The van der Waals surface area contributed by atoms with Crippen LogP contribution >= 0.6 is 0 Å². The highest BCUT2D eigenvalue weighted by molar-refractivity contribution is 7.73. The molecular weight excluding hydrogens is 384 g/mol. The molecule has 0 radical (unpaired) electrons. The van der Waals surface area contributed by atoms with Crippen molar-refractivity contribution in [2.45, 2.75) is 12.0 Å². The van der Waals surface area contributed by atoms with E-state index in [2.05, 4.69) is 0 Å². The summed E-state index contributed by atoms with van der Waals surface area (Å²) < 4.78 is 35.1. The van der Waals surface area contributed by atoms with E-state index in [0.29, 0.717) is 16.7 Å². The third-order valence-electron chi connectivity index (χ3n) is 5.08. The van der Waals surface area contributed by atoms with Crippen molar-refractivity contribution in [2.24, 2.45) is 0 Å². The third kappa shape index (κ3) is 2.03. The van der Waals surface area contributed by atoms with Gasteiger partial charge in [0.05, 0.1) is 10.4 Å². The van der Waals surface area contributed by atoms with Crippen molar-refractivity contribution >= 4 is 21.1 Å². The van der Waals surface area contributed by atoms with E-state index in [9.17, 15) is 23.4 Å². The first-order valence-corrected chi connectivity index (χ1v) is 9.44. The van der Waals surface area contributed by atoms with Crippen molar-refractivity contribution in [2.75, 3.05) is 0 Å². The Bertz CT molecular complexity index is 1220. The molecule has 0 aromatic heterocycles. The lowest BCUT2D eigenvalue weighted by atomic mass is 9.75. The van der Waals surface area contributed by atoms with Gasteiger partial charge in [0.2, 0.25) is 10.3 Å². The SMILES string of the molecule is O=C1OC2(C3=C1C(=S(=O)=O)CC=C3)c1ccc(O)cc1Oc1cc(O)ccc12. The molecule has 0 saturated carbocycles. The van der Waals surface area contributed by atoms with E-state index < -0.39 is 21.9 Å². The molecule has 0 unspecified atom stereocenters. The lowest BCUT2D eigenvalue weighted by Crippen LogP contribution is -2.33. The molecular formula is C20H12O7S. The van der Waals surface area contributed by atoms with Crippen LogP contribution in [0.5, 0.6) is 23.0 Å². The first kappa shape index (κ1) is 16.6. The van der Waals surface area contributed by atoms with Gasteiger partial charge >= 0.3 is 5.97 Å². The van der Waals surface area contributed by atoms with Crippen molar-refractivity contribution in [3.05, 3.63) is 70.8 Å². The second kappa shape index (κ2) is 5.49. The molecule has 8 heteroatoms. The molecule has 1 aliphatic carbocycles. The summed E-state index contributed by atoms with van der Waals surface area (Å²) in [5.41, 5.74) is -0.159. The number of benzene rings is 2. The van der Waals surface area contributed by atoms with Crippen molar-refractivity contribution in [3.63, 3.8) is 0 Å². The summed E-state index contributed by atoms with van der Waals surface area (Å²) in [4.78, 5) is 12.8. The third-order valence-corrected chi connectivity index (χ3v) is 5.85. The Labute approximate surface area is 160 Å². The van der Waals surface area contributed by atoms with E-state index in [1.807, 2.05) is 0 Å². The van der Waals surface area contributed by atoms with E-state index in [-0.39, 0.29) is 39.9 Å². The molecule has 0 saturated heterocycles. The summed E-state index contributed by atoms with van der Waals surface area (Å²) in [6.45, 7) is 0. The molecule has 3 aliphatic rings. The van der Waals surface area contributed by atoms with Crippen molar-refractivity contribution < 1.29 is 32.9 Å². The van der Waals surface area contributed by atoms with Crippen LogP contribution in [0.15, 0.2) is 59.7 Å². The first-order chi connectivity index (χ1) is 13.4. The van der Waals surface area contributed by atoms with Crippen LogP contribution in [-0.4, -0.2) is 29.5 Å². The molecule has 0 amide bonds. The van der Waals surface area contributed by atoms with E-state index in [1.165, 1.54) is 24.3 Å². The maximum Gasteiger partial charge on any atom is 0.341 e. The maximum atomic E-state index is 12.8. The van der Waals surface area contributed by atoms with Crippen LogP contribution in [0.1, 0.15) is 17.5 Å². The fraction of sp³-hybridized carbons (Fsp3) is 0.100. The molecule has 2 aromatic rings. The highest BCUT2D eigenvalue weighted by atomic mass is 32.2. The number of hydrogen-bond acceptors (Lipinski definition) is 7. The van der Waals surface area contributed by atoms with Gasteiger partial charge in [0.1, 0.15) is 23.0 Å². The summed E-state index contributed by atoms with van der Waals surface area (Å²) in [5.74, 6) is -0.378. The molecule has 1 spiro atoms. The summed E-state index contributed by atoms with van der Waals surface area (Å²) in [7, 11) is -2.58. The van der Waals surface area contributed by atoms with Crippen molar-refractivity contribution in [1.29, 1.82) is 0 Å². The van der Waals surface area contributed by atoms with E-state index in [1.54, 1.807) is 24.3 Å². The highest BCUT2D eigenvalue weighted by Crippen LogP contribution is 2.57. The molecule has 0 bridgehead atoms. The zero-order valence-electron chi connectivity index (χ0n) is 14.2. The van der Waals surface area contributed by atoms with Crippen LogP contribution < -0.4 is 4.74 Å².